The van der Waals surface area contributed by atoms with Crippen molar-refractivity contribution in [2.24, 2.45) is 0 Å². The van der Waals surface area contributed by atoms with Crippen molar-refractivity contribution in [1.29, 1.82) is 0 Å². The van der Waals surface area contributed by atoms with Crippen molar-refractivity contribution >= 4 is 60.3 Å². The van der Waals surface area contributed by atoms with E-state index in [9.17, 15) is 9.59 Å². The lowest BCUT2D eigenvalue weighted by atomic mass is 10.1. The Labute approximate surface area is 190 Å². The van der Waals surface area contributed by atoms with Gasteiger partial charge in [0.15, 0.2) is 5.75 Å². The highest BCUT2D eigenvalue weighted by Crippen LogP contribution is 2.40. The molecule has 0 bridgehead atoms. The van der Waals surface area contributed by atoms with Crippen molar-refractivity contribution < 1.29 is 19.4 Å². The highest BCUT2D eigenvalue weighted by atomic mass is 79.9. The molecule has 158 valence electrons. The molecule has 0 radical (unpaired) electrons. The second-order valence-electron chi connectivity index (χ2n) is 6.61. The third kappa shape index (κ3) is 5.03. The van der Waals surface area contributed by atoms with Gasteiger partial charge in [0.05, 0.1) is 8.95 Å². The van der Waals surface area contributed by atoms with Gasteiger partial charge in [-0.3, -0.25) is 9.69 Å². The Balaban J connectivity index is 1.87. The van der Waals surface area contributed by atoms with Gasteiger partial charge in [-0.25, -0.2) is 4.79 Å². The Hall–Kier alpha value is -2.36. The van der Waals surface area contributed by atoms with Crippen molar-refractivity contribution in [1.82, 2.24) is 9.88 Å². The minimum absolute atomic E-state index is 0.330. The largest absolute Gasteiger partial charge is 0.474 e. The number of carboxylic acid groups (broad SMARTS) is 1. The Bertz CT molecular complexity index is 1070. The number of rotatable bonds is 7. The molecule has 0 saturated heterocycles. The molecule has 1 heterocycles. The van der Waals surface area contributed by atoms with Crippen LogP contribution in [-0.2, 0) is 16.1 Å². The number of halogens is 2. The number of amides is 1. The molecule has 0 unspecified atom stereocenters. The number of carboxylic acids is 1. The zero-order chi connectivity index (χ0) is 21.8. The van der Waals surface area contributed by atoms with E-state index in [4.69, 9.17) is 9.84 Å². The maximum absolute atomic E-state index is 11.4. The van der Waals surface area contributed by atoms with E-state index in [0.717, 1.165) is 30.5 Å². The van der Waals surface area contributed by atoms with Crippen LogP contribution in [0.15, 0.2) is 45.5 Å². The molecule has 0 aliphatic carbocycles. The summed E-state index contributed by atoms with van der Waals surface area (Å²) >= 11 is 6.85. The van der Waals surface area contributed by atoms with E-state index in [0.29, 0.717) is 26.1 Å². The smallest absolute Gasteiger partial charge is 0.394 e. The number of carbonyl (C=O) groups excluding carboxylic acids is 1. The average Bonchev–Trinajstić information content (AvgIpc) is 3.10. The predicted molar refractivity (Wildman–Crippen MR) is 123 cm³/mol. The summed E-state index contributed by atoms with van der Waals surface area (Å²) in [6, 6.07) is 9.01. The second-order valence-corrected chi connectivity index (χ2v) is 8.32. The normalized spacial score (nSPS) is 11.1. The fourth-order valence-electron chi connectivity index (χ4n) is 3.07. The quantitative estimate of drug-likeness (QED) is 0.352. The topological polar surface area (TPSA) is 94.7 Å². The van der Waals surface area contributed by atoms with E-state index in [2.05, 4.69) is 60.9 Å². The van der Waals surface area contributed by atoms with Gasteiger partial charge in [0.25, 0.3) is 0 Å². The Morgan fingerprint density at radius 1 is 1.13 bits per heavy atom. The first-order valence-corrected chi connectivity index (χ1v) is 10.9. The van der Waals surface area contributed by atoms with Crippen LogP contribution in [0, 0.1) is 0 Å². The van der Waals surface area contributed by atoms with Gasteiger partial charge in [-0.05, 0) is 80.8 Å². The molecule has 7 nitrogen and oxygen atoms in total. The summed E-state index contributed by atoms with van der Waals surface area (Å²) in [6.45, 7) is 7.09. The summed E-state index contributed by atoms with van der Waals surface area (Å²) < 4.78 is 7.22. The second kappa shape index (κ2) is 9.63. The number of anilines is 1. The number of nitrogens with zero attached hydrogens (tertiary/aromatic N) is 1. The molecule has 9 heteroatoms. The molecule has 1 amide bonds. The van der Waals surface area contributed by atoms with Crippen molar-refractivity contribution in [3.05, 3.63) is 51.0 Å². The van der Waals surface area contributed by atoms with E-state index in [1.165, 1.54) is 5.56 Å². The molecule has 0 aliphatic heterocycles. The van der Waals surface area contributed by atoms with Gasteiger partial charge in [-0.1, -0.05) is 13.8 Å². The summed E-state index contributed by atoms with van der Waals surface area (Å²) in [7, 11) is 0. The van der Waals surface area contributed by atoms with Gasteiger partial charge in [0, 0.05) is 29.3 Å². The lowest BCUT2D eigenvalue weighted by molar-refractivity contribution is -0.147. The Kier molecular flexibility index (Phi) is 7.17. The molecule has 3 N–H and O–H groups in total. The van der Waals surface area contributed by atoms with E-state index < -0.39 is 11.9 Å². The Morgan fingerprint density at radius 2 is 1.80 bits per heavy atom. The number of H-pyrrole nitrogens is 1. The van der Waals surface area contributed by atoms with E-state index in [1.807, 2.05) is 24.4 Å². The molecule has 0 aliphatic rings. The fourth-order valence-corrected chi connectivity index (χ4v) is 4.42. The highest BCUT2D eigenvalue weighted by molar-refractivity contribution is 9.11. The van der Waals surface area contributed by atoms with Gasteiger partial charge in [-0.2, -0.15) is 0 Å². The minimum atomic E-state index is -1.55. The minimum Gasteiger partial charge on any atom is -0.474 e. The molecule has 2 aromatic carbocycles. The molecule has 0 fully saturated rings. The number of ether oxygens (including phenoxy) is 1. The first-order chi connectivity index (χ1) is 14.3. The lowest BCUT2D eigenvalue weighted by Gasteiger charge is -2.17. The molecule has 30 heavy (non-hydrogen) atoms. The standard InChI is InChI=1S/C21H21Br2N3O4/c1-3-26(4-2)11-12-10-24-18-6-5-14(9-15(12)18)30-19-16(22)7-13(8-17(19)23)25-20(27)21(28)29/h5-10,24H,3-4,11H2,1-2H3,(H,25,27)(H,28,29). The molecular weight excluding hydrogens is 518 g/mol. The number of benzene rings is 2. The van der Waals surface area contributed by atoms with Crippen LogP contribution in [0.3, 0.4) is 0 Å². The molecule has 1 aromatic heterocycles. The molecule has 0 saturated carbocycles. The summed E-state index contributed by atoms with van der Waals surface area (Å²) in [5, 5.41) is 12.1. The number of carbonyl (C=O) groups is 2. The van der Waals surface area contributed by atoms with Gasteiger partial charge >= 0.3 is 11.9 Å². The van der Waals surface area contributed by atoms with E-state index >= 15 is 0 Å². The number of aliphatic carboxylic acids is 1. The summed E-state index contributed by atoms with van der Waals surface area (Å²) in [5.41, 5.74) is 2.56. The third-order valence-electron chi connectivity index (χ3n) is 4.70. The summed E-state index contributed by atoms with van der Waals surface area (Å²) in [4.78, 5) is 27.8. The monoisotopic (exact) mass is 537 g/mol. The molecule has 0 atom stereocenters. The fraction of sp³-hybridized carbons (Fsp3) is 0.238. The van der Waals surface area contributed by atoms with Crippen LogP contribution in [-0.4, -0.2) is 40.0 Å². The first kappa shape index (κ1) is 22.3. The number of aromatic amines is 1. The van der Waals surface area contributed by atoms with Crippen molar-refractivity contribution in [3.8, 4) is 11.5 Å². The van der Waals surface area contributed by atoms with Crippen molar-refractivity contribution in [3.63, 3.8) is 0 Å². The molecule has 3 aromatic rings. The third-order valence-corrected chi connectivity index (χ3v) is 5.88. The number of hydrogen-bond acceptors (Lipinski definition) is 4. The van der Waals surface area contributed by atoms with Crippen LogP contribution in [0.5, 0.6) is 11.5 Å². The van der Waals surface area contributed by atoms with Gasteiger partial charge in [-0.15, -0.1) is 0 Å². The van der Waals surface area contributed by atoms with Gasteiger partial charge in [0.1, 0.15) is 5.75 Å². The van der Waals surface area contributed by atoms with Crippen LogP contribution in [0.2, 0.25) is 0 Å². The summed E-state index contributed by atoms with van der Waals surface area (Å²) in [6.07, 6.45) is 2.03. The Morgan fingerprint density at radius 3 is 2.40 bits per heavy atom. The number of aromatic nitrogens is 1. The van der Waals surface area contributed by atoms with Gasteiger partial charge in [0.2, 0.25) is 0 Å². The predicted octanol–water partition coefficient (Wildman–Crippen LogP) is 5.35. The van der Waals surface area contributed by atoms with Crippen molar-refractivity contribution in [2.75, 3.05) is 18.4 Å². The van der Waals surface area contributed by atoms with Crippen LogP contribution < -0.4 is 10.1 Å². The zero-order valence-corrected chi connectivity index (χ0v) is 19.6. The average molecular weight is 539 g/mol. The van der Waals surface area contributed by atoms with Crippen LogP contribution in [0.25, 0.3) is 10.9 Å². The van der Waals surface area contributed by atoms with Crippen molar-refractivity contribution in [2.45, 2.75) is 20.4 Å². The van der Waals surface area contributed by atoms with Crippen LogP contribution in [0.1, 0.15) is 19.4 Å². The molecule has 3 rings (SSSR count). The summed E-state index contributed by atoms with van der Waals surface area (Å²) in [5.74, 6) is -1.49. The van der Waals surface area contributed by atoms with Crippen LogP contribution in [0.4, 0.5) is 5.69 Å². The maximum atomic E-state index is 11.4. The number of fused-ring (bicyclic) bond motifs is 1. The lowest BCUT2D eigenvalue weighted by Crippen LogP contribution is -2.21. The SMILES string of the molecule is CCN(CC)Cc1c[nH]c2ccc(Oc3c(Br)cc(NC(=O)C(=O)O)cc3Br)cc12. The molecule has 0 spiro atoms. The van der Waals surface area contributed by atoms with Gasteiger partial charge < -0.3 is 20.1 Å². The maximum Gasteiger partial charge on any atom is 0.394 e. The zero-order valence-electron chi connectivity index (χ0n) is 16.5. The number of nitrogens with one attached hydrogen (secondary N) is 2. The van der Waals surface area contributed by atoms with Crippen LogP contribution >= 0.6 is 31.9 Å². The number of hydrogen-bond donors (Lipinski definition) is 3. The molecular formula is C21H21Br2N3O4. The highest BCUT2D eigenvalue weighted by Gasteiger charge is 2.16. The van der Waals surface area contributed by atoms with E-state index in [1.54, 1.807) is 12.1 Å². The van der Waals surface area contributed by atoms with E-state index in [-0.39, 0.29) is 0 Å². The first-order valence-electron chi connectivity index (χ1n) is 9.35.